The Morgan fingerprint density at radius 1 is 1.00 bits per heavy atom. The average Bonchev–Trinajstić information content (AvgIpc) is 3.05. The van der Waals surface area contributed by atoms with E-state index in [1.54, 1.807) is 13.8 Å². The third-order valence-corrected chi connectivity index (χ3v) is 7.71. The Hall–Kier alpha value is -2.99. The third kappa shape index (κ3) is 4.51. The normalized spacial score (nSPS) is 16.6. The number of hydrogen-bond acceptors (Lipinski definition) is 6. The fourth-order valence-electron chi connectivity index (χ4n) is 3.79. The molecule has 1 fully saturated rings. The van der Waals surface area contributed by atoms with Gasteiger partial charge in [-0.15, -0.1) is 0 Å². The maximum Gasteiger partial charge on any atom is 0.323 e. The summed E-state index contributed by atoms with van der Waals surface area (Å²) in [5.74, 6) is -0.806. The molecule has 0 atom stereocenters. The molecule has 2 aliphatic heterocycles. The summed E-state index contributed by atoms with van der Waals surface area (Å²) in [6.07, 6.45) is 0. The van der Waals surface area contributed by atoms with Gasteiger partial charge in [0.15, 0.2) is 0 Å². The van der Waals surface area contributed by atoms with Gasteiger partial charge in [0.05, 0.1) is 39.9 Å². The van der Waals surface area contributed by atoms with Crippen molar-refractivity contribution in [1.29, 1.82) is 0 Å². The van der Waals surface area contributed by atoms with Crippen molar-refractivity contribution < 1.29 is 27.5 Å². The number of rotatable bonds is 5. The van der Waals surface area contributed by atoms with Crippen molar-refractivity contribution in [2.45, 2.75) is 24.8 Å². The lowest BCUT2D eigenvalue weighted by molar-refractivity contribution is 0.0609. The number of halogens is 1. The molecule has 4 amide bonds. The summed E-state index contributed by atoms with van der Waals surface area (Å²) >= 11 is 6.18. The van der Waals surface area contributed by atoms with Gasteiger partial charge in [-0.3, -0.25) is 14.5 Å². The summed E-state index contributed by atoms with van der Waals surface area (Å²) in [4.78, 5) is 38.7. The van der Waals surface area contributed by atoms with Crippen LogP contribution in [0.5, 0.6) is 0 Å². The van der Waals surface area contributed by atoms with Crippen LogP contribution in [0.3, 0.4) is 0 Å². The van der Waals surface area contributed by atoms with E-state index < -0.39 is 22.0 Å². The molecule has 0 aromatic heterocycles. The smallest absolute Gasteiger partial charge is 0.323 e. The minimum absolute atomic E-state index is 0.00971. The fourth-order valence-corrected chi connectivity index (χ4v) is 5.39. The number of ether oxygens (including phenoxy) is 1. The first-order valence-corrected chi connectivity index (χ1v) is 12.4. The van der Waals surface area contributed by atoms with Gasteiger partial charge in [-0.1, -0.05) is 11.6 Å². The first-order chi connectivity index (χ1) is 16.1. The number of nitrogens with zero attached hydrogens (tertiary/aromatic N) is 2. The first kappa shape index (κ1) is 24.1. The van der Waals surface area contributed by atoms with E-state index >= 15 is 0 Å². The van der Waals surface area contributed by atoms with Crippen LogP contribution in [0.1, 0.15) is 34.6 Å². The van der Waals surface area contributed by atoms with E-state index in [2.05, 4.69) is 10.6 Å². The zero-order valence-electron chi connectivity index (χ0n) is 18.5. The highest BCUT2D eigenvalue weighted by atomic mass is 35.5. The molecule has 180 valence electrons. The Morgan fingerprint density at radius 3 is 2.35 bits per heavy atom. The molecule has 1 saturated heterocycles. The van der Waals surface area contributed by atoms with Crippen molar-refractivity contribution in [2.24, 2.45) is 0 Å². The first-order valence-electron chi connectivity index (χ1n) is 10.6. The minimum atomic E-state index is -3.78. The Kier molecular flexibility index (Phi) is 6.63. The van der Waals surface area contributed by atoms with Crippen molar-refractivity contribution in [1.82, 2.24) is 9.21 Å². The van der Waals surface area contributed by atoms with Crippen LogP contribution >= 0.6 is 11.6 Å². The van der Waals surface area contributed by atoms with Crippen molar-refractivity contribution in [2.75, 3.05) is 36.9 Å². The van der Waals surface area contributed by atoms with Crippen molar-refractivity contribution in [3.8, 4) is 0 Å². The fraction of sp³-hybridized carbons (Fsp3) is 0.318. The van der Waals surface area contributed by atoms with Gasteiger partial charge in [0.2, 0.25) is 10.0 Å². The van der Waals surface area contributed by atoms with Crippen LogP contribution in [-0.2, 0) is 14.8 Å². The van der Waals surface area contributed by atoms with E-state index in [9.17, 15) is 22.8 Å². The summed E-state index contributed by atoms with van der Waals surface area (Å²) in [6.45, 7) is 4.58. The van der Waals surface area contributed by atoms with Gasteiger partial charge < -0.3 is 15.4 Å². The summed E-state index contributed by atoms with van der Waals surface area (Å²) in [6, 6.07) is 7.49. The summed E-state index contributed by atoms with van der Waals surface area (Å²) < 4.78 is 32.3. The second-order valence-electron chi connectivity index (χ2n) is 8.07. The summed E-state index contributed by atoms with van der Waals surface area (Å²) in [5.41, 5.74) is 0.866. The highest BCUT2D eigenvalue weighted by molar-refractivity contribution is 7.89. The Balaban J connectivity index is 1.51. The molecule has 0 unspecified atom stereocenters. The number of urea groups is 1. The molecule has 2 aliphatic rings. The Morgan fingerprint density at radius 2 is 1.68 bits per heavy atom. The zero-order valence-corrected chi connectivity index (χ0v) is 20.1. The second kappa shape index (κ2) is 9.34. The maximum absolute atomic E-state index is 12.9. The second-order valence-corrected chi connectivity index (χ2v) is 10.4. The molecule has 12 heteroatoms. The molecule has 4 rings (SSSR count). The highest BCUT2D eigenvalue weighted by Gasteiger charge is 2.37. The van der Waals surface area contributed by atoms with E-state index in [4.69, 9.17) is 16.3 Å². The molecule has 0 radical (unpaired) electrons. The number of nitrogens with one attached hydrogen (secondary N) is 2. The summed E-state index contributed by atoms with van der Waals surface area (Å²) in [5, 5.41) is 5.27. The largest absolute Gasteiger partial charge is 0.379 e. The number of anilines is 2. The van der Waals surface area contributed by atoms with Crippen LogP contribution in [0, 0.1) is 0 Å². The topological polar surface area (TPSA) is 125 Å². The molecule has 10 nitrogen and oxygen atoms in total. The lowest BCUT2D eigenvalue weighted by Crippen LogP contribution is -2.40. The monoisotopic (exact) mass is 506 g/mol. The van der Waals surface area contributed by atoms with Crippen molar-refractivity contribution >= 4 is 50.8 Å². The van der Waals surface area contributed by atoms with Crippen molar-refractivity contribution in [3.63, 3.8) is 0 Å². The number of fused-ring (bicyclic) bond motifs is 1. The molecule has 34 heavy (non-hydrogen) atoms. The molecule has 2 N–H and O–H groups in total. The van der Waals surface area contributed by atoms with E-state index in [1.165, 1.54) is 40.7 Å². The number of sulfonamides is 1. The zero-order chi connectivity index (χ0) is 24.6. The lowest BCUT2D eigenvalue weighted by atomic mass is 10.1. The SMILES string of the molecule is CC(C)N1C(=O)c2ccc(NC(=O)Nc3cc(S(=O)(=O)N4CCOCC4)ccc3Cl)cc2C1=O. The van der Waals surface area contributed by atoms with Crippen LogP contribution in [-0.4, -0.2) is 67.8 Å². The molecule has 2 heterocycles. The number of benzene rings is 2. The highest BCUT2D eigenvalue weighted by Crippen LogP contribution is 2.29. The molecule has 0 spiro atoms. The van der Waals surface area contributed by atoms with Gasteiger partial charge in [0, 0.05) is 24.8 Å². The number of carbonyl (C=O) groups excluding carboxylic acids is 3. The number of morpholine rings is 1. The summed E-state index contributed by atoms with van der Waals surface area (Å²) in [7, 11) is -3.78. The molecule has 2 aromatic rings. The molecule has 2 aromatic carbocycles. The number of hydrogen-bond donors (Lipinski definition) is 2. The lowest BCUT2D eigenvalue weighted by Gasteiger charge is -2.26. The van der Waals surface area contributed by atoms with E-state index in [-0.39, 0.29) is 57.5 Å². The van der Waals surface area contributed by atoms with Gasteiger partial charge in [-0.2, -0.15) is 4.31 Å². The van der Waals surface area contributed by atoms with Gasteiger partial charge in [-0.05, 0) is 50.2 Å². The molecule has 0 aliphatic carbocycles. The van der Waals surface area contributed by atoms with Crippen LogP contribution in [0.4, 0.5) is 16.2 Å². The van der Waals surface area contributed by atoms with E-state index in [1.807, 2.05) is 0 Å². The van der Waals surface area contributed by atoms with Crippen LogP contribution in [0.15, 0.2) is 41.3 Å². The third-order valence-electron chi connectivity index (χ3n) is 5.49. The van der Waals surface area contributed by atoms with Gasteiger partial charge in [0.25, 0.3) is 11.8 Å². The Labute approximate surface area is 201 Å². The van der Waals surface area contributed by atoms with Gasteiger partial charge in [0.1, 0.15) is 0 Å². The van der Waals surface area contributed by atoms with E-state index in [0.29, 0.717) is 13.2 Å². The van der Waals surface area contributed by atoms with Gasteiger partial charge >= 0.3 is 6.03 Å². The number of carbonyl (C=O) groups is 3. The standard InChI is InChI=1S/C22H23ClN4O6S/c1-13(2)27-20(28)16-5-3-14(11-17(16)21(27)29)24-22(30)25-19-12-15(4-6-18(19)23)34(31,32)26-7-9-33-10-8-26/h3-6,11-13H,7-10H2,1-2H3,(H2,24,25,30). The minimum Gasteiger partial charge on any atom is -0.379 e. The molecule has 0 saturated carbocycles. The Bertz CT molecular complexity index is 1270. The molecular formula is C22H23ClN4O6S. The average molecular weight is 507 g/mol. The van der Waals surface area contributed by atoms with Crippen molar-refractivity contribution in [3.05, 3.63) is 52.5 Å². The van der Waals surface area contributed by atoms with Gasteiger partial charge in [-0.25, -0.2) is 13.2 Å². The van der Waals surface area contributed by atoms with Crippen LogP contribution < -0.4 is 10.6 Å². The quantitative estimate of drug-likeness (QED) is 0.600. The molecule has 0 bridgehead atoms. The number of imide groups is 1. The van der Waals surface area contributed by atoms with Crippen LogP contribution in [0.2, 0.25) is 5.02 Å². The molecular weight excluding hydrogens is 484 g/mol. The maximum atomic E-state index is 12.9. The van der Waals surface area contributed by atoms with E-state index in [0.717, 1.165) is 4.90 Å². The van der Waals surface area contributed by atoms with Crippen LogP contribution in [0.25, 0.3) is 0 Å². The predicted molar refractivity (Wildman–Crippen MR) is 126 cm³/mol. The number of amides is 4. The predicted octanol–water partition coefficient (Wildman–Crippen LogP) is 3.01.